The summed E-state index contributed by atoms with van der Waals surface area (Å²) in [4.78, 5) is 1.95. The van der Waals surface area contributed by atoms with E-state index in [2.05, 4.69) is 6.07 Å². The fourth-order valence-electron chi connectivity index (χ4n) is 2.28. The van der Waals surface area contributed by atoms with Crippen LogP contribution in [0, 0.1) is 13.8 Å². The van der Waals surface area contributed by atoms with Crippen LogP contribution >= 0.6 is 0 Å². The Morgan fingerprint density at radius 3 is 2.21 bits per heavy atom. The molecule has 108 valence electrons. The van der Waals surface area contributed by atoms with Crippen LogP contribution < -0.4 is 0 Å². The van der Waals surface area contributed by atoms with E-state index in [1.54, 1.807) is 0 Å². The smallest absolute Gasteiger partial charge is 0.0804 e. The maximum absolute atomic E-state index is 10.2. The molecule has 4 heteroatoms. The lowest BCUT2D eigenvalue weighted by Gasteiger charge is -2.22. The van der Waals surface area contributed by atoms with Gasteiger partial charge < -0.3 is 15.3 Å². The molecule has 1 aromatic rings. The Morgan fingerprint density at radius 2 is 1.68 bits per heavy atom. The van der Waals surface area contributed by atoms with Gasteiger partial charge in [0.05, 0.1) is 19.3 Å². The van der Waals surface area contributed by atoms with Crippen molar-refractivity contribution in [2.24, 2.45) is 0 Å². The molecule has 0 aliphatic heterocycles. The fourth-order valence-corrected chi connectivity index (χ4v) is 2.28. The van der Waals surface area contributed by atoms with E-state index in [1.165, 1.54) is 5.56 Å². The number of nitrogens with zero attached hydrogens (tertiary/aromatic N) is 1. The van der Waals surface area contributed by atoms with Crippen LogP contribution in [0.1, 0.15) is 29.2 Å². The van der Waals surface area contributed by atoms with Crippen LogP contribution in [0.3, 0.4) is 0 Å². The van der Waals surface area contributed by atoms with E-state index in [0.717, 1.165) is 11.1 Å². The van der Waals surface area contributed by atoms with Crippen LogP contribution in [0.2, 0.25) is 0 Å². The average Bonchev–Trinajstić information content (AvgIpc) is 2.36. The average molecular weight is 267 g/mol. The lowest BCUT2D eigenvalue weighted by molar-refractivity contribution is 0.118. The Bertz CT molecular complexity index is 376. The minimum absolute atomic E-state index is 0.0691. The van der Waals surface area contributed by atoms with Crippen LogP contribution in [0.25, 0.3) is 0 Å². The number of aliphatic hydroxyl groups excluding tert-OH is 3. The van der Waals surface area contributed by atoms with Crippen molar-refractivity contribution in [2.75, 3.05) is 32.8 Å². The van der Waals surface area contributed by atoms with Crippen molar-refractivity contribution in [1.29, 1.82) is 0 Å². The summed E-state index contributed by atoms with van der Waals surface area (Å²) >= 11 is 0. The number of rotatable bonds is 8. The van der Waals surface area contributed by atoms with Crippen LogP contribution in [0.15, 0.2) is 18.2 Å². The third-order valence-electron chi connectivity index (χ3n) is 3.34. The minimum atomic E-state index is -0.500. The second kappa shape index (κ2) is 8.27. The van der Waals surface area contributed by atoms with Gasteiger partial charge in [-0.3, -0.25) is 4.90 Å². The third-order valence-corrected chi connectivity index (χ3v) is 3.34. The van der Waals surface area contributed by atoms with Gasteiger partial charge in [0.2, 0.25) is 0 Å². The Morgan fingerprint density at radius 1 is 1.05 bits per heavy atom. The summed E-state index contributed by atoms with van der Waals surface area (Å²) in [5.74, 6) is 0. The second-order valence-electron chi connectivity index (χ2n) is 4.95. The highest BCUT2D eigenvalue weighted by Gasteiger charge is 2.12. The highest BCUT2D eigenvalue weighted by Crippen LogP contribution is 2.21. The molecule has 3 N–H and O–H groups in total. The van der Waals surface area contributed by atoms with Crippen molar-refractivity contribution in [3.8, 4) is 0 Å². The maximum atomic E-state index is 10.2. The van der Waals surface area contributed by atoms with E-state index in [0.29, 0.717) is 26.1 Å². The number of aryl methyl sites for hydroxylation is 2. The highest BCUT2D eigenvalue weighted by molar-refractivity contribution is 5.31. The normalized spacial score (nSPS) is 12.9. The molecule has 0 amide bonds. The number of hydrogen-bond acceptors (Lipinski definition) is 4. The fraction of sp³-hybridized carbons (Fsp3) is 0.600. The van der Waals surface area contributed by atoms with E-state index in [9.17, 15) is 5.11 Å². The zero-order chi connectivity index (χ0) is 14.3. The van der Waals surface area contributed by atoms with Gasteiger partial charge in [0.1, 0.15) is 0 Å². The zero-order valence-electron chi connectivity index (χ0n) is 11.8. The monoisotopic (exact) mass is 267 g/mol. The van der Waals surface area contributed by atoms with Gasteiger partial charge in [-0.05, 0) is 31.4 Å². The quantitative estimate of drug-likeness (QED) is 0.658. The molecule has 0 radical (unpaired) electrons. The zero-order valence-corrected chi connectivity index (χ0v) is 11.8. The van der Waals surface area contributed by atoms with Crippen molar-refractivity contribution >= 4 is 0 Å². The van der Waals surface area contributed by atoms with Crippen molar-refractivity contribution in [3.63, 3.8) is 0 Å². The van der Waals surface area contributed by atoms with E-state index in [-0.39, 0.29) is 13.2 Å². The van der Waals surface area contributed by atoms with Gasteiger partial charge in [-0.15, -0.1) is 0 Å². The molecule has 0 bridgehead atoms. The van der Waals surface area contributed by atoms with Crippen molar-refractivity contribution in [1.82, 2.24) is 4.90 Å². The molecular weight excluding hydrogens is 242 g/mol. The van der Waals surface area contributed by atoms with Gasteiger partial charge in [-0.25, -0.2) is 0 Å². The number of aliphatic hydroxyl groups is 3. The molecule has 0 aliphatic carbocycles. The maximum Gasteiger partial charge on any atom is 0.0804 e. The second-order valence-corrected chi connectivity index (χ2v) is 4.95. The topological polar surface area (TPSA) is 63.9 Å². The summed E-state index contributed by atoms with van der Waals surface area (Å²) < 4.78 is 0. The number of benzene rings is 1. The van der Waals surface area contributed by atoms with Crippen LogP contribution in [0.4, 0.5) is 0 Å². The summed E-state index contributed by atoms with van der Waals surface area (Å²) in [7, 11) is 0. The molecule has 19 heavy (non-hydrogen) atoms. The summed E-state index contributed by atoms with van der Waals surface area (Å²) in [6.07, 6.45) is 0.102. The number of hydrogen-bond donors (Lipinski definition) is 3. The first-order valence-electron chi connectivity index (χ1n) is 6.77. The molecule has 0 saturated heterocycles. The van der Waals surface area contributed by atoms with Gasteiger partial charge >= 0.3 is 0 Å². The Balaban J connectivity index is 2.55. The molecule has 0 saturated carbocycles. The highest BCUT2D eigenvalue weighted by atomic mass is 16.3. The van der Waals surface area contributed by atoms with E-state index < -0.39 is 6.10 Å². The molecule has 0 spiro atoms. The summed E-state index contributed by atoms with van der Waals surface area (Å²) in [6.45, 7) is 5.90. The molecule has 4 nitrogen and oxygen atoms in total. The predicted octanol–water partition coefficient (Wildman–Crippen LogP) is 1.01. The van der Waals surface area contributed by atoms with Gasteiger partial charge in [0, 0.05) is 19.6 Å². The van der Waals surface area contributed by atoms with Crippen molar-refractivity contribution in [2.45, 2.75) is 26.4 Å². The molecule has 1 aromatic carbocycles. The van der Waals surface area contributed by atoms with Gasteiger partial charge in [0.25, 0.3) is 0 Å². The van der Waals surface area contributed by atoms with E-state index in [1.807, 2.05) is 30.9 Å². The van der Waals surface area contributed by atoms with Crippen LogP contribution in [0.5, 0.6) is 0 Å². The molecule has 1 rings (SSSR count). The van der Waals surface area contributed by atoms with Gasteiger partial charge in [0.15, 0.2) is 0 Å². The minimum Gasteiger partial charge on any atom is -0.395 e. The molecule has 1 atom stereocenters. The first-order chi connectivity index (χ1) is 9.08. The summed E-state index contributed by atoms with van der Waals surface area (Å²) in [6, 6.07) is 6.04. The summed E-state index contributed by atoms with van der Waals surface area (Å²) in [5, 5.41) is 28.1. The van der Waals surface area contributed by atoms with Gasteiger partial charge in [-0.1, -0.05) is 23.8 Å². The molecular formula is C15H25NO3. The van der Waals surface area contributed by atoms with Crippen molar-refractivity contribution in [3.05, 3.63) is 34.9 Å². The first kappa shape index (κ1) is 16.1. The van der Waals surface area contributed by atoms with Crippen molar-refractivity contribution < 1.29 is 15.3 Å². The summed E-state index contributed by atoms with van der Waals surface area (Å²) in [5.41, 5.74) is 3.25. The third kappa shape index (κ3) is 5.28. The molecule has 0 aliphatic rings. The standard InChI is InChI=1S/C15H25NO3/c1-12-3-4-14(13(2)11-12)15(19)5-6-16(7-9-17)8-10-18/h3-4,11,15,17-19H,5-10H2,1-2H3. The predicted molar refractivity (Wildman–Crippen MR) is 76.1 cm³/mol. The largest absolute Gasteiger partial charge is 0.395 e. The Labute approximate surface area is 115 Å². The molecule has 0 heterocycles. The van der Waals surface area contributed by atoms with Crippen LogP contribution in [-0.2, 0) is 0 Å². The van der Waals surface area contributed by atoms with E-state index >= 15 is 0 Å². The van der Waals surface area contributed by atoms with Crippen LogP contribution in [-0.4, -0.2) is 53.1 Å². The molecule has 0 fully saturated rings. The first-order valence-corrected chi connectivity index (χ1v) is 6.77. The van der Waals surface area contributed by atoms with E-state index in [4.69, 9.17) is 10.2 Å². The SMILES string of the molecule is Cc1ccc(C(O)CCN(CCO)CCO)c(C)c1. The molecule has 1 unspecified atom stereocenters. The Kier molecular flexibility index (Phi) is 7.02. The lowest BCUT2D eigenvalue weighted by atomic mass is 9.99. The molecule has 0 aromatic heterocycles. The Hall–Kier alpha value is -0.940. The van der Waals surface area contributed by atoms with Gasteiger partial charge in [-0.2, -0.15) is 0 Å². The lowest BCUT2D eigenvalue weighted by Crippen LogP contribution is -2.31.